The van der Waals surface area contributed by atoms with E-state index in [9.17, 15) is 9.59 Å². The summed E-state index contributed by atoms with van der Waals surface area (Å²) < 4.78 is 5.41. The molecule has 0 unspecified atom stereocenters. The molecule has 0 fully saturated rings. The molecule has 0 aliphatic carbocycles. The molecule has 128 valence electrons. The third-order valence-electron chi connectivity index (χ3n) is 3.22. The second-order valence-electron chi connectivity index (χ2n) is 7.19. The Bertz CT molecular complexity index is 590. The van der Waals surface area contributed by atoms with Crippen LogP contribution in [0, 0.1) is 5.92 Å². The first-order chi connectivity index (χ1) is 10.6. The minimum Gasteiger partial charge on any atom is -0.444 e. The Morgan fingerprint density at radius 3 is 2.70 bits per heavy atom. The van der Waals surface area contributed by atoms with Gasteiger partial charge in [-0.3, -0.25) is 4.79 Å². The standard InChI is InChI=1S/C16H25N3O3S/c1-10(2)8-13(20)18-14-17-11-6-7-19(9-12(11)23-14)15(21)22-16(3,4)5/h10H,6-9H2,1-5H3,(H,17,18,20). The van der Waals surface area contributed by atoms with Crippen molar-refractivity contribution in [2.75, 3.05) is 11.9 Å². The SMILES string of the molecule is CC(C)CC(=O)Nc1nc2c(s1)CN(C(=O)OC(C)(C)C)CC2. The van der Waals surface area contributed by atoms with Gasteiger partial charge in [0.05, 0.1) is 12.2 Å². The Hall–Kier alpha value is -1.63. The van der Waals surface area contributed by atoms with Crippen LogP contribution in [-0.4, -0.2) is 34.0 Å². The monoisotopic (exact) mass is 339 g/mol. The van der Waals surface area contributed by atoms with Crippen molar-refractivity contribution in [3.63, 3.8) is 0 Å². The summed E-state index contributed by atoms with van der Waals surface area (Å²) in [7, 11) is 0. The van der Waals surface area contributed by atoms with E-state index in [1.165, 1.54) is 11.3 Å². The third kappa shape index (κ3) is 5.20. The van der Waals surface area contributed by atoms with Crippen LogP contribution in [0.2, 0.25) is 0 Å². The molecule has 1 aliphatic rings. The fraction of sp³-hybridized carbons (Fsp3) is 0.688. The molecule has 7 heteroatoms. The quantitative estimate of drug-likeness (QED) is 0.916. The molecule has 1 aromatic rings. The molecule has 1 N–H and O–H groups in total. The number of anilines is 1. The number of fused-ring (bicyclic) bond motifs is 1. The third-order valence-corrected chi connectivity index (χ3v) is 4.22. The van der Waals surface area contributed by atoms with Gasteiger partial charge in [0.1, 0.15) is 5.60 Å². The molecule has 1 aliphatic heterocycles. The number of aromatic nitrogens is 1. The van der Waals surface area contributed by atoms with Gasteiger partial charge in [0.25, 0.3) is 0 Å². The van der Waals surface area contributed by atoms with Gasteiger partial charge in [0.2, 0.25) is 5.91 Å². The van der Waals surface area contributed by atoms with Crippen LogP contribution >= 0.6 is 11.3 Å². The van der Waals surface area contributed by atoms with Crippen molar-refractivity contribution in [2.24, 2.45) is 5.92 Å². The van der Waals surface area contributed by atoms with Crippen LogP contribution in [0.4, 0.5) is 9.93 Å². The zero-order chi connectivity index (χ0) is 17.2. The Labute approximate surface area is 141 Å². The molecule has 0 aromatic carbocycles. The van der Waals surface area contributed by atoms with E-state index in [0.717, 1.165) is 10.6 Å². The molecule has 0 atom stereocenters. The number of thiazole rings is 1. The lowest BCUT2D eigenvalue weighted by molar-refractivity contribution is -0.116. The van der Waals surface area contributed by atoms with E-state index in [1.54, 1.807) is 4.90 Å². The summed E-state index contributed by atoms with van der Waals surface area (Å²) >= 11 is 1.44. The Morgan fingerprint density at radius 1 is 1.39 bits per heavy atom. The highest BCUT2D eigenvalue weighted by Crippen LogP contribution is 2.29. The first-order valence-corrected chi connectivity index (χ1v) is 8.72. The molecule has 0 spiro atoms. The normalized spacial score (nSPS) is 14.6. The minimum absolute atomic E-state index is 0.0184. The fourth-order valence-corrected chi connectivity index (χ4v) is 3.31. The van der Waals surface area contributed by atoms with Gasteiger partial charge in [-0.25, -0.2) is 9.78 Å². The lowest BCUT2D eigenvalue weighted by Gasteiger charge is -2.29. The zero-order valence-corrected chi connectivity index (χ0v) is 15.2. The number of amides is 2. The van der Waals surface area contributed by atoms with Crippen LogP contribution < -0.4 is 5.32 Å². The van der Waals surface area contributed by atoms with Gasteiger partial charge < -0.3 is 15.0 Å². The maximum absolute atomic E-state index is 12.1. The Balaban J connectivity index is 1.99. The van der Waals surface area contributed by atoms with Crippen molar-refractivity contribution in [1.82, 2.24) is 9.88 Å². The fourth-order valence-electron chi connectivity index (χ4n) is 2.27. The van der Waals surface area contributed by atoms with Gasteiger partial charge in [-0.1, -0.05) is 25.2 Å². The van der Waals surface area contributed by atoms with Crippen LogP contribution in [0.3, 0.4) is 0 Å². The smallest absolute Gasteiger partial charge is 0.410 e. The number of hydrogen-bond acceptors (Lipinski definition) is 5. The molecule has 0 radical (unpaired) electrons. The van der Waals surface area contributed by atoms with Gasteiger partial charge in [0.15, 0.2) is 5.13 Å². The summed E-state index contributed by atoms with van der Waals surface area (Å²) in [6.07, 6.45) is 0.862. The number of carbonyl (C=O) groups excluding carboxylic acids is 2. The second kappa shape index (κ2) is 6.86. The van der Waals surface area contributed by atoms with Crippen molar-refractivity contribution in [3.8, 4) is 0 Å². The highest BCUT2D eigenvalue weighted by atomic mass is 32.1. The molecular weight excluding hydrogens is 314 g/mol. The van der Waals surface area contributed by atoms with Crippen LogP contribution in [-0.2, 0) is 22.5 Å². The van der Waals surface area contributed by atoms with Crippen molar-refractivity contribution in [2.45, 2.75) is 59.6 Å². The molecule has 23 heavy (non-hydrogen) atoms. The summed E-state index contributed by atoms with van der Waals surface area (Å²) in [5.41, 5.74) is 0.468. The number of nitrogens with zero attached hydrogens (tertiary/aromatic N) is 2. The van der Waals surface area contributed by atoms with Gasteiger partial charge in [0, 0.05) is 24.3 Å². The maximum Gasteiger partial charge on any atom is 0.410 e. The van der Waals surface area contributed by atoms with Gasteiger partial charge in [-0.05, 0) is 26.7 Å². The van der Waals surface area contributed by atoms with E-state index in [-0.39, 0.29) is 12.0 Å². The van der Waals surface area contributed by atoms with E-state index < -0.39 is 5.60 Å². The predicted octanol–water partition coefficient (Wildman–Crippen LogP) is 3.42. The number of nitrogens with one attached hydrogen (secondary N) is 1. The molecule has 2 amide bonds. The highest BCUT2D eigenvalue weighted by molar-refractivity contribution is 7.15. The summed E-state index contributed by atoms with van der Waals surface area (Å²) in [6.45, 7) is 10.7. The summed E-state index contributed by atoms with van der Waals surface area (Å²) in [5, 5.41) is 3.46. The second-order valence-corrected chi connectivity index (χ2v) is 8.27. The minimum atomic E-state index is -0.499. The zero-order valence-electron chi connectivity index (χ0n) is 14.4. The van der Waals surface area contributed by atoms with E-state index >= 15 is 0 Å². The van der Waals surface area contributed by atoms with Gasteiger partial charge in [-0.15, -0.1) is 0 Å². The maximum atomic E-state index is 12.1. The highest BCUT2D eigenvalue weighted by Gasteiger charge is 2.28. The number of rotatable bonds is 3. The largest absolute Gasteiger partial charge is 0.444 e. The topological polar surface area (TPSA) is 71.5 Å². The lowest BCUT2D eigenvalue weighted by Crippen LogP contribution is -2.39. The average Bonchev–Trinajstić information content (AvgIpc) is 2.76. The van der Waals surface area contributed by atoms with Crippen molar-refractivity contribution in [3.05, 3.63) is 10.6 Å². The number of hydrogen-bond donors (Lipinski definition) is 1. The molecule has 0 bridgehead atoms. The predicted molar refractivity (Wildman–Crippen MR) is 90.5 cm³/mol. The Morgan fingerprint density at radius 2 is 2.09 bits per heavy atom. The van der Waals surface area contributed by atoms with E-state index in [0.29, 0.717) is 37.0 Å². The molecule has 2 heterocycles. The summed E-state index contributed by atoms with van der Waals surface area (Å²) in [6, 6.07) is 0. The lowest BCUT2D eigenvalue weighted by atomic mass is 10.1. The summed E-state index contributed by atoms with van der Waals surface area (Å²) in [5.74, 6) is 0.294. The van der Waals surface area contributed by atoms with Crippen molar-refractivity contribution < 1.29 is 14.3 Å². The van der Waals surface area contributed by atoms with E-state index in [1.807, 2.05) is 34.6 Å². The van der Waals surface area contributed by atoms with Crippen LogP contribution in [0.5, 0.6) is 0 Å². The number of carbonyl (C=O) groups is 2. The summed E-state index contributed by atoms with van der Waals surface area (Å²) in [4.78, 5) is 31.2. The van der Waals surface area contributed by atoms with Crippen LogP contribution in [0.1, 0.15) is 51.6 Å². The average molecular weight is 339 g/mol. The molecule has 6 nitrogen and oxygen atoms in total. The Kier molecular flexibility index (Phi) is 5.29. The molecule has 1 aromatic heterocycles. The molecule has 0 saturated heterocycles. The van der Waals surface area contributed by atoms with Crippen LogP contribution in [0.25, 0.3) is 0 Å². The van der Waals surface area contributed by atoms with Gasteiger partial charge >= 0.3 is 6.09 Å². The van der Waals surface area contributed by atoms with E-state index in [2.05, 4.69) is 10.3 Å². The molecular formula is C16H25N3O3S. The van der Waals surface area contributed by atoms with E-state index in [4.69, 9.17) is 4.74 Å². The first kappa shape index (κ1) is 17.7. The van der Waals surface area contributed by atoms with Crippen molar-refractivity contribution in [1.29, 1.82) is 0 Å². The van der Waals surface area contributed by atoms with Crippen LogP contribution in [0.15, 0.2) is 0 Å². The number of ether oxygens (including phenoxy) is 1. The molecule has 2 rings (SSSR count). The molecule has 0 saturated carbocycles. The van der Waals surface area contributed by atoms with Crippen molar-refractivity contribution >= 4 is 28.5 Å². The first-order valence-electron chi connectivity index (χ1n) is 7.90. The van der Waals surface area contributed by atoms with Gasteiger partial charge in [-0.2, -0.15) is 0 Å².